The number of nitrogens with zero attached hydrogens (tertiary/aromatic N) is 3. The number of rotatable bonds is 8. The first-order valence-corrected chi connectivity index (χ1v) is 11.0. The Labute approximate surface area is 195 Å². The number of aliphatic hydroxyl groups excluding tert-OH is 1. The molecule has 0 aliphatic carbocycles. The zero-order valence-corrected chi connectivity index (χ0v) is 19.7. The summed E-state index contributed by atoms with van der Waals surface area (Å²) in [6.45, 7) is 7.06. The fourth-order valence-corrected chi connectivity index (χ4v) is 4.19. The van der Waals surface area contributed by atoms with Crippen molar-refractivity contribution in [2.24, 2.45) is 0 Å². The Morgan fingerprint density at radius 3 is 2.45 bits per heavy atom. The number of hydrogen-bond donors (Lipinski definition) is 1. The molecule has 0 spiro atoms. The molecule has 0 radical (unpaired) electrons. The molecule has 1 atom stereocenters. The topological polar surface area (TPSA) is 60.1 Å². The number of aryl methyl sites for hydroxylation is 2. The fraction of sp³-hybridized carbons (Fsp3) is 0.417. The number of carbonyl (C=O) groups excluding carboxylic acids is 1. The highest BCUT2D eigenvalue weighted by Gasteiger charge is 2.34. The number of aromatic nitrogens is 3. The van der Waals surface area contributed by atoms with Crippen LogP contribution < -0.4 is 0 Å². The number of alkyl halides is 3. The van der Waals surface area contributed by atoms with Gasteiger partial charge in [-0.1, -0.05) is 25.4 Å². The molecule has 9 heteroatoms. The number of halogens is 4. The van der Waals surface area contributed by atoms with Crippen molar-refractivity contribution < 1.29 is 23.1 Å². The van der Waals surface area contributed by atoms with E-state index in [1.54, 1.807) is 16.9 Å². The SMILES string of the molecule is Cc1cc(-n2ncc(CC(=O)[C@H](CCO)n3cc(C(F)(F)F)cc3C)c2C(C)C)ccc1Cl. The molecule has 1 aromatic carbocycles. The van der Waals surface area contributed by atoms with E-state index in [1.807, 2.05) is 32.9 Å². The number of benzene rings is 1. The Morgan fingerprint density at radius 2 is 1.91 bits per heavy atom. The van der Waals surface area contributed by atoms with Crippen LogP contribution in [0.4, 0.5) is 13.2 Å². The summed E-state index contributed by atoms with van der Waals surface area (Å²) < 4.78 is 42.6. The number of ketones is 1. The third kappa shape index (κ3) is 5.33. The molecule has 5 nitrogen and oxygen atoms in total. The quantitative estimate of drug-likeness (QED) is 0.441. The Kier molecular flexibility index (Phi) is 7.39. The summed E-state index contributed by atoms with van der Waals surface area (Å²) in [6.07, 6.45) is -1.93. The molecule has 0 aliphatic heterocycles. The van der Waals surface area contributed by atoms with Crippen molar-refractivity contribution in [3.05, 3.63) is 69.8 Å². The van der Waals surface area contributed by atoms with Gasteiger partial charge in [0, 0.05) is 35.5 Å². The predicted octanol–water partition coefficient (Wildman–Crippen LogP) is 5.82. The maximum absolute atomic E-state index is 13.3. The minimum absolute atomic E-state index is 0.0102. The molecule has 178 valence electrons. The molecule has 0 amide bonds. The van der Waals surface area contributed by atoms with Crippen molar-refractivity contribution in [1.29, 1.82) is 0 Å². The summed E-state index contributed by atoms with van der Waals surface area (Å²) in [5.74, 6) is -0.252. The van der Waals surface area contributed by atoms with Crippen LogP contribution in [0.3, 0.4) is 0 Å². The van der Waals surface area contributed by atoms with Crippen molar-refractivity contribution in [3.63, 3.8) is 0 Å². The molecule has 33 heavy (non-hydrogen) atoms. The van der Waals surface area contributed by atoms with Crippen LogP contribution in [-0.4, -0.2) is 31.8 Å². The van der Waals surface area contributed by atoms with E-state index in [9.17, 15) is 23.1 Å². The second-order valence-electron chi connectivity index (χ2n) is 8.50. The van der Waals surface area contributed by atoms with Crippen molar-refractivity contribution >= 4 is 17.4 Å². The lowest BCUT2D eigenvalue weighted by atomic mass is 9.97. The van der Waals surface area contributed by atoms with Gasteiger partial charge in [0.25, 0.3) is 0 Å². The molecular formula is C24H27ClF3N3O2. The van der Waals surface area contributed by atoms with Crippen LogP contribution in [0.25, 0.3) is 5.69 Å². The first-order chi connectivity index (χ1) is 15.4. The van der Waals surface area contributed by atoms with Gasteiger partial charge in [0.15, 0.2) is 5.78 Å². The van der Waals surface area contributed by atoms with Gasteiger partial charge < -0.3 is 9.67 Å². The van der Waals surface area contributed by atoms with Crippen LogP contribution in [0.2, 0.25) is 5.02 Å². The van der Waals surface area contributed by atoms with E-state index in [0.29, 0.717) is 16.3 Å². The van der Waals surface area contributed by atoms with E-state index in [2.05, 4.69) is 5.10 Å². The third-order valence-corrected chi connectivity index (χ3v) is 6.10. The van der Waals surface area contributed by atoms with Gasteiger partial charge >= 0.3 is 6.18 Å². The Bertz CT molecular complexity index is 1150. The molecule has 2 heterocycles. The van der Waals surface area contributed by atoms with E-state index in [-0.39, 0.29) is 31.1 Å². The summed E-state index contributed by atoms with van der Waals surface area (Å²) in [6, 6.07) is 5.64. The molecule has 0 unspecified atom stereocenters. The largest absolute Gasteiger partial charge is 0.417 e. The highest BCUT2D eigenvalue weighted by Crippen LogP contribution is 2.33. The molecule has 2 aromatic heterocycles. The van der Waals surface area contributed by atoms with Crippen LogP contribution in [0.5, 0.6) is 0 Å². The standard InChI is InChI=1S/C24H27ClF3N3O2/c1-14(2)23-17(12-29-31(23)19-5-6-20(25)15(3)9-19)11-22(33)21(7-8-32)30-13-18(10-16(30)4)24(26,27)28/h5-6,9-10,12-14,21,32H,7-8,11H2,1-4H3/t21-/m0/s1. The molecule has 0 fully saturated rings. The highest BCUT2D eigenvalue weighted by atomic mass is 35.5. The van der Waals surface area contributed by atoms with Gasteiger partial charge in [0.1, 0.15) is 0 Å². The van der Waals surface area contributed by atoms with Gasteiger partial charge in [-0.05, 0) is 56.0 Å². The molecule has 0 saturated carbocycles. The summed E-state index contributed by atoms with van der Waals surface area (Å²) >= 11 is 6.14. The van der Waals surface area contributed by atoms with Crippen LogP contribution in [0.1, 0.15) is 60.3 Å². The van der Waals surface area contributed by atoms with E-state index in [1.165, 1.54) is 11.5 Å². The van der Waals surface area contributed by atoms with E-state index in [4.69, 9.17) is 11.6 Å². The van der Waals surface area contributed by atoms with Gasteiger partial charge in [-0.2, -0.15) is 18.3 Å². The summed E-state index contributed by atoms with van der Waals surface area (Å²) in [4.78, 5) is 13.3. The average Bonchev–Trinajstić information content (AvgIpc) is 3.32. The Hall–Kier alpha value is -2.58. The first-order valence-electron chi connectivity index (χ1n) is 10.7. The molecule has 3 aromatic rings. The first kappa shape index (κ1) is 25.1. The van der Waals surface area contributed by atoms with E-state index < -0.39 is 17.8 Å². The van der Waals surface area contributed by atoms with Gasteiger partial charge in [-0.15, -0.1) is 0 Å². The van der Waals surface area contributed by atoms with E-state index in [0.717, 1.165) is 29.2 Å². The van der Waals surface area contributed by atoms with Crippen LogP contribution in [0, 0.1) is 13.8 Å². The van der Waals surface area contributed by atoms with Crippen molar-refractivity contribution in [3.8, 4) is 5.69 Å². The smallest absolute Gasteiger partial charge is 0.396 e. The predicted molar refractivity (Wildman–Crippen MR) is 121 cm³/mol. The van der Waals surface area contributed by atoms with Crippen molar-refractivity contribution in [2.75, 3.05) is 6.61 Å². The molecule has 1 N–H and O–H groups in total. The van der Waals surface area contributed by atoms with E-state index >= 15 is 0 Å². The zero-order chi connectivity index (χ0) is 24.5. The van der Waals surface area contributed by atoms with Crippen LogP contribution in [0.15, 0.2) is 36.7 Å². The normalized spacial score (nSPS) is 13.0. The van der Waals surface area contributed by atoms with Gasteiger partial charge in [0.2, 0.25) is 0 Å². The summed E-state index contributed by atoms with van der Waals surface area (Å²) in [7, 11) is 0. The maximum Gasteiger partial charge on any atom is 0.417 e. The Balaban J connectivity index is 1.96. The van der Waals surface area contributed by atoms with Crippen LogP contribution in [-0.2, 0) is 17.4 Å². The lowest BCUT2D eigenvalue weighted by Gasteiger charge is -2.20. The summed E-state index contributed by atoms with van der Waals surface area (Å²) in [5.41, 5.74) is 2.74. The molecule has 0 aliphatic rings. The van der Waals surface area contributed by atoms with Gasteiger partial charge in [-0.3, -0.25) is 4.79 Å². The monoisotopic (exact) mass is 481 g/mol. The second-order valence-corrected chi connectivity index (χ2v) is 8.91. The zero-order valence-electron chi connectivity index (χ0n) is 18.9. The third-order valence-electron chi connectivity index (χ3n) is 5.67. The average molecular weight is 482 g/mol. The number of carbonyl (C=O) groups is 1. The maximum atomic E-state index is 13.3. The van der Waals surface area contributed by atoms with Crippen molar-refractivity contribution in [1.82, 2.24) is 14.3 Å². The summed E-state index contributed by atoms with van der Waals surface area (Å²) in [5, 5.41) is 14.6. The lowest BCUT2D eigenvalue weighted by Crippen LogP contribution is -2.23. The Morgan fingerprint density at radius 1 is 1.21 bits per heavy atom. The van der Waals surface area contributed by atoms with Gasteiger partial charge in [0.05, 0.1) is 29.2 Å². The number of Topliss-reactive ketones (excluding diaryl/α,β-unsaturated/α-hetero) is 1. The number of aliphatic hydroxyl groups is 1. The second kappa shape index (κ2) is 9.73. The lowest BCUT2D eigenvalue weighted by molar-refractivity contribution is -0.137. The highest BCUT2D eigenvalue weighted by molar-refractivity contribution is 6.31. The number of hydrogen-bond acceptors (Lipinski definition) is 3. The van der Waals surface area contributed by atoms with Gasteiger partial charge in [-0.25, -0.2) is 4.68 Å². The molecular weight excluding hydrogens is 455 g/mol. The molecule has 0 bridgehead atoms. The fourth-order valence-electron chi connectivity index (χ4n) is 4.07. The molecule has 3 rings (SSSR count). The minimum atomic E-state index is -4.51. The van der Waals surface area contributed by atoms with Crippen LogP contribution >= 0.6 is 11.6 Å². The van der Waals surface area contributed by atoms with Crippen molar-refractivity contribution in [2.45, 2.75) is 58.7 Å². The molecule has 0 saturated heterocycles. The minimum Gasteiger partial charge on any atom is -0.396 e.